The summed E-state index contributed by atoms with van der Waals surface area (Å²) in [6.07, 6.45) is 2.22. The van der Waals surface area contributed by atoms with Gasteiger partial charge in [0, 0.05) is 25.3 Å². The highest BCUT2D eigenvalue weighted by Crippen LogP contribution is 2.28. The van der Waals surface area contributed by atoms with Gasteiger partial charge in [-0.15, -0.1) is 0 Å². The molecule has 0 radical (unpaired) electrons. The largest absolute Gasteiger partial charge is 0.497 e. The summed E-state index contributed by atoms with van der Waals surface area (Å²) < 4.78 is 10.6. The Hall–Kier alpha value is -1.42. The molecule has 0 amide bonds. The molecule has 0 saturated carbocycles. The zero-order chi connectivity index (χ0) is 13.0. The molecule has 0 bridgehead atoms. The maximum absolute atomic E-state index is 5.98. The minimum Gasteiger partial charge on any atom is -0.497 e. The molecule has 1 heterocycles. The maximum atomic E-state index is 5.98. The van der Waals surface area contributed by atoms with Crippen LogP contribution in [0.25, 0.3) is 0 Å². The van der Waals surface area contributed by atoms with Crippen LogP contribution in [-0.4, -0.2) is 26.4 Å². The van der Waals surface area contributed by atoms with Crippen molar-refractivity contribution < 1.29 is 9.47 Å². The molecule has 4 heteroatoms. The van der Waals surface area contributed by atoms with Gasteiger partial charge in [0.25, 0.3) is 0 Å². The first-order valence-electron chi connectivity index (χ1n) is 6.48. The highest BCUT2D eigenvalue weighted by atomic mass is 16.5. The van der Waals surface area contributed by atoms with Gasteiger partial charge in [0.15, 0.2) is 0 Å². The van der Waals surface area contributed by atoms with Crippen LogP contribution < -0.4 is 15.8 Å². The summed E-state index contributed by atoms with van der Waals surface area (Å²) in [7, 11) is 1.66. The molecule has 1 aliphatic rings. The van der Waals surface area contributed by atoms with Gasteiger partial charge in [-0.05, 0) is 37.8 Å². The van der Waals surface area contributed by atoms with Gasteiger partial charge in [-0.2, -0.15) is 0 Å². The molecule has 1 aliphatic heterocycles. The highest BCUT2D eigenvalue weighted by molar-refractivity contribution is 5.68. The van der Waals surface area contributed by atoms with Crippen LogP contribution >= 0.6 is 0 Å². The van der Waals surface area contributed by atoms with Crippen molar-refractivity contribution in [2.24, 2.45) is 5.92 Å². The number of nitrogen functional groups attached to an aromatic ring is 1. The van der Waals surface area contributed by atoms with Gasteiger partial charge in [-0.25, -0.2) is 0 Å². The average molecular weight is 250 g/mol. The second-order valence-corrected chi connectivity index (χ2v) is 4.84. The first-order valence-corrected chi connectivity index (χ1v) is 6.48. The third-order valence-electron chi connectivity index (χ3n) is 3.62. The van der Waals surface area contributed by atoms with Gasteiger partial charge in [0.05, 0.1) is 18.5 Å². The molecule has 1 atom stereocenters. The molecule has 1 aromatic carbocycles. The summed E-state index contributed by atoms with van der Waals surface area (Å²) in [4.78, 5) is 0. The van der Waals surface area contributed by atoms with Crippen molar-refractivity contribution in [3.8, 4) is 5.75 Å². The molecule has 4 nitrogen and oxygen atoms in total. The molecule has 1 fully saturated rings. The number of nitrogens with one attached hydrogen (secondary N) is 1. The third kappa shape index (κ3) is 3.07. The normalized spacial score (nSPS) is 18.3. The van der Waals surface area contributed by atoms with E-state index >= 15 is 0 Å². The van der Waals surface area contributed by atoms with E-state index in [9.17, 15) is 0 Å². The molecule has 1 aromatic rings. The Morgan fingerprint density at radius 1 is 1.39 bits per heavy atom. The van der Waals surface area contributed by atoms with E-state index in [1.807, 2.05) is 18.2 Å². The Morgan fingerprint density at radius 3 is 2.78 bits per heavy atom. The number of benzene rings is 1. The van der Waals surface area contributed by atoms with Crippen LogP contribution in [0.4, 0.5) is 11.4 Å². The van der Waals surface area contributed by atoms with Gasteiger partial charge in [-0.1, -0.05) is 0 Å². The minimum atomic E-state index is 0.392. The summed E-state index contributed by atoms with van der Waals surface area (Å²) in [5, 5.41) is 3.49. The Balaban J connectivity index is 2.03. The van der Waals surface area contributed by atoms with Crippen LogP contribution in [0, 0.1) is 5.92 Å². The maximum Gasteiger partial charge on any atom is 0.121 e. The molecular formula is C14H22N2O2. The molecule has 1 unspecified atom stereocenters. The van der Waals surface area contributed by atoms with E-state index in [1.165, 1.54) is 0 Å². The summed E-state index contributed by atoms with van der Waals surface area (Å²) in [6, 6.07) is 6.09. The molecule has 1 saturated heterocycles. The topological polar surface area (TPSA) is 56.5 Å². The van der Waals surface area contributed by atoms with Crippen molar-refractivity contribution in [1.82, 2.24) is 0 Å². The molecular weight excluding hydrogens is 228 g/mol. The lowest BCUT2D eigenvalue weighted by molar-refractivity contribution is 0.0622. The summed E-state index contributed by atoms with van der Waals surface area (Å²) in [5.74, 6) is 1.47. The third-order valence-corrected chi connectivity index (χ3v) is 3.62. The van der Waals surface area contributed by atoms with Crippen LogP contribution in [0.3, 0.4) is 0 Å². The van der Waals surface area contributed by atoms with Gasteiger partial charge >= 0.3 is 0 Å². The monoisotopic (exact) mass is 250 g/mol. The lowest BCUT2D eigenvalue weighted by Gasteiger charge is -2.29. The van der Waals surface area contributed by atoms with E-state index < -0.39 is 0 Å². The Kier molecular flexibility index (Phi) is 4.31. The standard InChI is InChI=1S/C14H22N2O2/c1-10(11-5-7-18-8-6-11)16-14-9-12(17-2)3-4-13(14)15/h3-4,9-11,16H,5-8,15H2,1-2H3. The number of nitrogens with two attached hydrogens (primary N) is 1. The van der Waals surface area contributed by atoms with Crippen LogP contribution in [0.5, 0.6) is 5.75 Å². The van der Waals surface area contributed by atoms with Gasteiger partial charge in [-0.3, -0.25) is 0 Å². The fourth-order valence-corrected chi connectivity index (χ4v) is 2.37. The van der Waals surface area contributed by atoms with Gasteiger partial charge < -0.3 is 20.5 Å². The summed E-state index contributed by atoms with van der Waals surface area (Å²) in [5.41, 5.74) is 7.69. The summed E-state index contributed by atoms with van der Waals surface area (Å²) in [6.45, 7) is 3.93. The Bertz CT molecular complexity index is 389. The van der Waals surface area contributed by atoms with Crippen molar-refractivity contribution >= 4 is 11.4 Å². The van der Waals surface area contributed by atoms with E-state index in [-0.39, 0.29) is 0 Å². The molecule has 0 aromatic heterocycles. The van der Waals surface area contributed by atoms with Crippen molar-refractivity contribution in [3.05, 3.63) is 18.2 Å². The molecule has 100 valence electrons. The summed E-state index contributed by atoms with van der Waals surface area (Å²) >= 11 is 0. The lowest BCUT2D eigenvalue weighted by atomic mass is 9.92. The van der Waals surface area contributed by atoms with Crippen molar-refractivity contribution in [1.29, 1.82) is 0 Å². The quantitative estimate of drug-likeness (QED) is 0.806. The van der Waals surface area contributed by atoms with E-state index in [4.69, 9.17) is 15.2 Å². The van der Waals surface area contributed by atoms with E-state index in [0.717, 1.165) is 43.2 Å². The van der Waals surface area contributed by atoms with E-state index in [0.29, 0.717) is 12.0 Å². The number of hydrogen-bond donors (Lipinski definition) is 2. The number of anilines is 2. The van der Waals surface area contributed by atoms with Crippen LogP contribution in [0.2, 0.25) is 0 Å². The number of rotatable bonds is 4. The Labute approximate surface area is 108 Å². The average Bonchev–Trinajstić information content (AvgIpc) is 2.42. The van der Waals surface area contributed by atoms with E-state index in [2.05, 4.69) is 12.2 Å². The van der Waals surface area contributed by atoms with Crippen LogP contribution in [-0.2, 0) is 4.74 Å². The molecule has 2 rings (SSSR count). The predicted octanol–water partition coefficient (Wildman–Crippen LogP) is 2.50. The van der Waals surface area contributed by atoms with E-state index in [1.54, 1.807) is 7.11 Å². The first kappa shape index (κ1) is 13.0. The highest BCUT2D eigenvalue weighted by Gasteiger charge is 2.20. The zero-order valence-electron chi connectivity index (χ0n) is 11.1. The number of hydrogen-bond acceptors (Lipinski definition) is 4. The van der Waals surface area contributed by atoms with Crippen LogP contribution in [0.15, 0.2) is 18.2 Å². The lowest BCUT2D eigenvalue weighted by Crippen LogP contribution is -2.31. The second-order valence-electron chi connectivity index (χ2n) is 4.84. The smallest absolute Gasteiger partial charge is 0.121 e. The fourth-order valence-electron chi connectivity index (χ4n) is 2.37. The van der Waals surface area contributed by atoms with Crippen molar-refractivity contribution in [2.75, 3.05) is 31.4 Å². The SMILES string of the molecule is COc1ccc(N)c(NC(C)C2CCOCC2)c1. The molecule has 0 spiro atoms. The zero-order valence-corrected chi connectivity index (χ0v) is 11.1. The molecule has 18 heavy (non-hydrogen) atoms. The molecule has 3 N–H and O–H groups in total. The van der Waals surface area contributed by atoms with Gasteiger partial charge in [0.2, 0.25) is 0 Å². The fraction of sp³-hybridized carbons (Fsp3) is 0.571. The van der Waals surface area contributed by atoms with Crippen molar-refractivity contribution in [2.45, 2.75) is 25.8 Å². The second kappa shape index (κ2) is 5.96. The Morgan fingerprint density at radius 2 is 2.11 bits per heavy atom. The minimum absolute atomic E-state index is 0.392. The van der Waals surface area contributed by atoms with Crippen LogP contribution in [0.1, 0.15) is 19.8 Å². The van der Waals surface area contributed by atoms with Crippen molar-refractivity contribution in [3.63, 3.8) is 0 Å². The first-order chi connectivity index (χ1) is 8.70. The predicted molar refractivity (Wildman–Crippen MR) is 74.0 cm³/mol. The number of ether oxygens (including phenoxy) is 2. The number of methoxy groups -OCH3 is 1. The molecule has 0 aliphatic carbocycles. The van der Waals surface area contributed by atoms with Gasteiger partial charge in [0.1, 0.15) is 5.75 Å².